The summed E-state index contributed by atoms with van der Waals surface area (Å²) in [7, 11) is 0. The second kappa shape index (κ2) is 5.68. The third-order valence-electron chi connectivity index (χ3n) is 2.99. The van der Waals surface area contributed by atoms with Crippen LogP contribution in [0.4, 0.5) is 11.5 Å². The van der Waals surface area contributed by atoms with Crippen molar-refractivity contribution in [3.63, 3.8) is 0 Å². The Morgan fingerprint density at radius 3 is 3.11 bits per heavy atom. The molecule has 1 aliphatic rings. The Hall–Kier alpha value is -1.82. The molecule has 98 valence electrons. The van der Waals surface area contributed by atoms with Gasteiger partial charge in [-0.25, -0.2) is 4.98 Å². The lowest BCUT2D eigenvalue weighted by Crippen LogP contribution is -2.25. The van der Waals surface area contributed by atoms with Crippen molar-refractivity contribution in [3.8, 4) is 0 Å². The van der Waals surface area contributed by atoms with Crippen LogP contribution in [-0.2, 0) is 4.74 Å². The number of ether oxygens (including phenoxy) is 1. The van der Waals surface area contributed by atoms with Gasteiger partial charge in [0.15, 0.2) is 0 Å². The summed E-state index contributed by atoms with van der Waals surface area (Å²) in [4.78, 5) is 15.4. The molecule has 1 aromatic rings. The molecule has 1 fully saturated rings. The van der Waals surface area contributed by atoms with Crippen LogP contribution in [0.3, 0.4) is 0 Å². The molecule has 1 saturated heterocycles. The smallest absolute Gasteiger partial charge is 0.252 e. The first-order valence-corrected chi connectivity index (χ1v) is 6.03. The SMILES string of the molecule is NC(=O)c1cc(N)cnc1NCC1CCCOC1. The van der Waals surface area contributed by atoms with Crippen LogP contribution in [0.5, 0.6) is 0 Å². The first-order valence-electron chi connectivity index (χ1n) is 6.03. The maximum Gasteiger partial charge on any atom is 0.252 e. The predicted molar refractivity (Wildman–Crippen MR) is 69.2 cm³/mol. The number of nitrogens with zero attached hydrogens (tertiary/aromatic N) is 1. The van der Waals surface area contributed by atoms with Crippen LogP contribution in [0.1, 0.15) is 23.2 Å². The Morgan fingerprint density at radius 1 is 1.61 bits per heavy atom. The molecule has 1 atom stereocenters. The first kappa shape index (κ1) is 12.6. The van der Waals surface area contributed by atoms with Gasteiger partial charge >= 0.3 is 0 Å². The lowest BCUT2D eigenvalue weighted by molar-refractivity contribution is 0.0595. The summed E-state index contributed by atoms with van der Waals surface area (Å²) in [5.41, 5.74) is 11.6. The number of carbonyl (C=O) groups is 1. The monoisotopic (exact) mass is 250 g/mol. The standard InChI is InChI=1S/C12H18N4O2/c13-9-4-10(11(14)17)12(16-6-9)15-5-8-2-1-3-18-7-8/h4,6,8H,1-3,5,7,13H2,(H2,14,17)(H,15,16). The van der Waals surface area contributed by atoms with Crippen molar-refractivity contribution in [2.24, 2.45) is 11.7 Å². The van der Waals surface area contributed by atoms with Gasteiger partial charge in [0.2, 0.25) is 0 Å². The summed E-state index contributed by atoms with van der Waals surface area (Å²) in [5, 5.41) is 3.14. The minimum absolute atomic E-state index is 0.326. The Kier molecular flexibility index (Phi) is 3.99. The summed E-state index contributed by atoms with van der Waals surface area (Å²) in [6.07, 6.45) is 3.70. The van der Waals surface area contributed by atoms with E-state index in [9.17, 15) is 4.79 Å². The van der Waals surface area contributed by atoms with Gasteiger partial charge in [-0.15, -0.1) is 0 Å². The molecule has 0 saturated carbocycles. The maximum atomic E-state index is 11.3. The summed E-state index contributed by atoms with van der Waals surface area (Å²) >= 11 is 0. The number of carbonyl (C=O) groups excluding carboxylic acids is 1. The number of nitrogens with one attached hydrogen (secondary N) is 1. The van der Waals surface area contributed by atoms with Crippen LogP contribution < -0.4 is 16.8 Å². The molecule has 6 nitrogen and oxygen atoms in total. The molecule has 2 rings (SSSR count). The third-order valence-corrected chi connectivity index (χ3v) is 2.99. The van der Waals surface area contributed by atoms with Crippen LogP contribution in [0.2, 0.25) is 0 Å². The van der Waals surface area contributed by atoms with E-state index < -0.39 is 5.91 Å². The van der Waals surface area contributed by atoms with E-state index >= 15 is 0 Å². The highest BCUT2D eigenvalue weighted by molar-refractivity contribution is 5.98. The predicted octanol–water partition coefficient (Wildman–Crippen LogP) is 0.601. The van der Waals surface area contributed by atoms with Crippen LogP contribution in [0.25, 0.3) is 0 Å². The molecule has 0 aromatic carbocycles. The van der Waals surface area contributed by atoms with Crippen molar-refractivity contribution in [2.75, 3.05) is 30.8 Å². The molecule has 0 bridgehead atoms. The van der Waals surface area contributed by atoms with E-state index in [2.05, 4.69) is 10.3 Å². The highest BCUT2D eigenvalue weighted by Gasteiger charge is 2.16. The molecule has 1 unspecified atom stereocenters. The molecule has 5 N–H and O–H groups in total. The van der Waals surface area contributed by atoms with Crippen molar-refractivity contribution in [3.05, 3.63) is 17.8 Å². The van der Waals surface area contributed by atoms with Gasteiger partial charge < -0.3 is 21.5 Å². The Labute approximate surface area is 106 Å². The summed E-state index contributed by atoms with van der Waals surface area (Å²) in [6, 6.07) is 1.54. The molecule has 18 heavy (non-hydrogen) atoms. The largest absolute Gasteiger partial charge is 0.397 e. The van der Waals surface area contributed by atoms with Crippen LogP contribution in [0.15, 0.2) is 12.3 Å². The van der Waals surface area contributed by atoms with Crippen molar-refractivity contribution in [1.82, 2.24) is 4.98 Å². The zero-order valence-electron chi connectivity index (χ0n) is 10.2. The van der Waals surface area contributed by atoms with Crippen LogP contribution in [0, 0.1) is 5.92 Å². The number of nitrogen functional groups attached to an aromatic ring is 1. The average Bonchev–Trinajstić information content (AvgIpc) is 2.38. The fourth-order valence-corrected chi connectivity index (χ4v) is 2.02. The minimum Gasteiger partial charge on any atom is -0.397 e. The fraction of sp³-hybridized carbons (Fsp3) is 0.500. The van der Waals surface area contributed by atoms with Gasteiger partial charge in [-0.05, 0) is 24.8 Å². The lowest BCUT2D eigenvalue weighted by atomic mass is 10.0. The quantitative estimate of drug-likeness (QED) is 0.726. The normalized spacial score (nSPS) is 19.4. The molecule has 1 aliphatic heterocycles. The highest BCUT2D eigenvalue weighted by Crippen LogP contribution is 2.18. The van der Waals surface area contributed by atoms with Crippen molar-refractivity contribution in [2.45, 2.75) is 12.8 Å². The van der Waals surface area contributed by atoms with Crippen molar-refractivity contribution in [1.29, 1.82) is 0 Å². The summed E-state index contributed by atoms with van der Waals surface area (Å²) in [5.74, 6) is 0.401. The number of amides is 1. The summed E-state index contributed by atoms with van der Waals surface area (Å²) < 4.78 is 5.40. The number of hydrogen-bond acceptors (Lipinski definition) is 5. The zero-order valence-corrected chi connectivity index (χ0v) is 10.2. The average molecular weight is 250 g/mol. The second-order valence-electron chi connectivity index (χ2n) is 4.49. The van der Waals surface area contributed by atoms with E-state index in [1.165, 1.54) is 12.3 Å². The minimum atomic E-state index is -0.530. The van der Waals surface area contributed by atoms with Gasteiger partial charge in [0.25, 0.3) is 5.91 Å². The van der Waals surface area contributed by atoms with Gasteiger partial charge in [-0.2, -0.15) is 0 Å². The topological polar surface area (TPSA) is 103 Å². The lowest BCUT2D eigenvalue weighted by Gasteiger charge is -2.22. The van der Waals surface area contributed by atoms with Gasteiger partial charge in [-0.1, -0.05) is 0 Å². The molecular weight excluding hydrogens is 232 g/mol. The molecule has 6 heteroatoms. The van der Waals surface area contributed by atoms with Gasteiger partial charge in [0.05, 0.1) is 24.1 Å². The number of hydrogen-bond donors (Lipinski definition) is 3. The van der Waals surface area contributed by atoms with E-state index in [1.54, 1.807) is 0 Å². The fourth-order valence-electron chi connectivity index (χ4n) is 2.02. The molecule has 1 aromatic heterocycles. The van der Waals surface area contributed by atoms with E-state index in [0.29, 0.717) is 23.0 Å². The third kappa shape index (κ3) is 3.10. The van der Waals surface area contributed by atoms with Crippen LogP contribution in [-0.4, -0.2) is 30.6 Å². The molecule has 0 aliphatic carbocycles. The van der Waals surface area contributed by atoms with Gasteiger partial charge in [-0.3, -0.25) is 4.79 Å². The van der Waals surface area contributed by atoms with Crippen molar-refractivity contribution >= 4 is 17.4 Å². The van der Waals surface area contributed by atoms with E-state index in [4.69, 9.17) is 16.2 Å². The van der Waals surface area contributed by atoms with Gasteiger partial charge in [0.1, 0.15) is 5.82 Å². The first-order chi connectivity index (χ1) is 8.66. The molecule has 1 amide bonds. The molecule has 0 spiro atoms. The number of rotatable bonds is 4. The second-order valence-corrected chi connectivity index (χ2v) is 4.49. The Bertz CT molecular complexity index is 430. The Morgan fingerprint density at radius 2 is 2.44 bits per heavy atom. The molecule has 2 heterocycles. The van der Waals surface area contributed by atoms with E-state index in [1.807, 2.05) is 0 Å². The number of aromatic nitrogens is 1. The number of anilines is 2. The Balaban J connectivity index is 2.01. The molecular formula is C12H18N4O2. The molecule has 0 radical (unpaired) electrons. The number of primary amides is 1. The van der Waals surface area contributed by atoms with E-state index in [-0.39, 0.29) is 0 Å². The van der Waals surface area contributed by atoms with Gasteiger partial charge in [0, 0.05) is 13.2 Å². The van der Waals surface area contributed by atoms with E-state index in [0.717, 1.165) is 32.6 Å². The summed E-state index contributed by atoms with van der Waals surface area (Å²) in [6.45, 7) is 2.30. The number of pyridine rings is 1. The maximum absolute atomic E-state index is 11.3. The zero-order chi connectivity index (χ0) is 13.0. The van der Waals surface area contributed by atoms with Crippen molar-refractivity contribution < 1.29 is 9.53 Å². The highest BCUT2D eigenvalue weighted by atomic mass is 16.5. The van der Waals surface area contributed by atoms with Crippen LogP contribution >= 0.6 is 0 Å². The number of nitrogens with two attached hydrogens (primary N) is 2.